The molecule has 6 rings (SSSR count). The Bertz CT molecular complexity index is 2920. The molecule has 1 aliphatic rings. The van der Waals surface area contributed by atoms with Crippen molar-refractivity contribution >= 4 is 59.7 Å². The molecule has 0 N–H and O–H groups in total. The topological polar surface area (TPSA) is 272 Å². The molecule has 1 heterocycles. The van der Waals surface area contributed by atoms with Crippen LogP contribution in [0.5, 0.6) is 28.7 Å². The standard InChI is InChI=1S/C51H42O21/c1-27(52)63-37-21-11-6-16-32(37)46(57)62-26-42-43(69-47(58)33-17-7-12-22-38(33)64-28(2)53)44(70-48(59)34-18-8-13-23-39(34)65-29(3)54)45(71-49(60)35-19-9-14-24-40(35)66-30(4)55)51(68-42)72-50(61)36-20-10-15-25-41(36)67-31(5)56/h6-25,42-45,51H,26H2,1-5H3. The van der Waals surface area contributed by atoms with Crippen LogP contribution in [-0.2, 0) is 52.4 Å². The first-order valence-corrected chi connectivity index (χ1v) is 21.4. The lowest BCUT2D eigenvalue weighted by Gasteiger charge is -2.44. The lowest BCUT2D eigenvalue weighted by atomic mass is 9.97. The zero-order valence-corrected chi connectivity index (χ0v) is 38.7. The summed E-state index contributed by atoms with van der Waals surface area (Å²) in [4.78, 5) is 132. The molecule has 1 saturated heterocycles. The van der Waals surface area contributed by atoms with E-state index in [1.807, 2.05) is 0 Å². The highest BCUT2D eigenvalue weighted by molar-refractivity contribution is 5.97. The second kappa shape index (κ2) is 23.9. The largest absolute Gasteiger partial charge is 0.459 e. The van der Waals surface area contributed by atoms with Crippen LogP contribution in [0.2, 0.25) is 0 Å². The summed E-state index contributed by atoms with van der Waals surface area (Å²) in [5, 5.41) is 0. The molecule has 1 fully saturated rings. The molecule has 5 atom stereocenters. The van der Waals surface area contributed by atoms with Crippen LogP contribution in [0, 0.1) is 0 Å². The van der Waals surface area contributed by atoms with Crippen molar-refractivity contribution in [3.63, 3.8) is 0 Å². The zero-order chi connectivity index (χ0) is 52.1. The fourth-order valence-electron chi connectivity index (χ4n) is 6.87. The van der Waals surface area contributed by atoms with Crippen molar-refractivity contribution in [2.45, 2.75) is 65.3 Å². The number of rotatable bonds is 16. The molecule has 372 valence electrons. The van der Waals surface area contributed by atoms with E-state index in [1.165, 1.54) is 121 Å². The molecule has 72 heavy (non-hydrogen) atoms. The van der Waals surface area contributed by atoms with Gasteiger partial charge in [0.1, 0.15) is 69.3 Å². The van der Waals surface area contributed by atoms with E-state index in [1.54, 1.807) is 0 Å². The number of carbonyl (C=O) groups is 10. The molecule has 1 aliphatic heterocycles. The Morgan fingerprint density at radius 3 is 0.931 bits per heavy atom. The van der Waals surface area contributed by atoms with Gasteiger partial charge in [-0.3, -0.25) is 24.0 Å². The number of ether oxygens (including phenoxy) is 11. The SMILES string of the molecule is CC(=O)Oc1ccccc1C(=O)OCC1OC(OC(=O)c2ccccc2OC(C)=O)C(OC(=O)c2ccccc2OC(C)=O)C(OC(=O)c2ccccc2OC(C)=O)C1OC(=O)c1ccccc1OC(C)=O. The van der Waals surface area contributed by atoms with E-state index in [2.05, 4.69) is 0 Å². The first kappa shape index (κ1) is 52.1. The fourth-order valence-corrected chi connectivity index (χ4v) is 6.87. The quantitative estimate of drug-likeness (QED) is 0.0648. The minimum absolute atomic E-state index is 0.220. The van der Waals surface area contributed by atoms with E-state index in [0.717, 1.165) is 34.6 Å². The van der Waals surface area contributed by atoms with Crippen molar-refractivity contribution in [1.82, 2.24) is 0 Å². The summed E-state index contributed by atoms with van der Waals surface area (Å²) >= 11 is 0. The average Bonchev–Trinajstić information content (AvgIpc) is 3.32. The van der Waals surface area contributed by atoms with E-state index in [-0.39, 0.29) is 45.4 Å². The normalized spacial score (nSPS) is 16.8. The van der Waals surface area contributed by atoms with Gasteiger partial charge in [-0.1, -0.05) is 60.7 Å². The molecule has 21 nitrogen and oxygen atoms in total. The van der Waals surface area contributed by atoms with E-state index >= 15 is 0 Å². The zero-order valence-electron chi connectivity index (χ0n) is 38.7. The van der Waals surface area contributed by atoms with Crippen LogP contribution in [0.1, 0.15) is 86.4 Å². The molecular weight excluding hydrogens is 949 g/mol. The maximum absolute atomic E-state index is 14.5. The van der Waals surface area contributed by atoms with Crippen molar-refractivity contribution in [2.75, 3.05) is 6.61 Å². The summed E-state index contributed by atoms with van der Waals surface area (Å²) in [6.07, 6.45) is -10.7. The molecule has 0 aromatic heterocycles. The van der Waals surface area contributed by atoms with Crippen molar-refractivity contribution in [3.8, 4) is 28.7 Å². The predicted octanol–water partition coefficient (Wildman–Crippen LogP) is 5.73. The molecule has 0 bridgehead atoms. The van der Waals surface area contributed by atoms with Gasteiger partial charge in [0.05, 0.1) is 0 Å². The van der Waals surface area contributed by atoms with Gasteiger partial charge in [0, 0.05) is 34.6 Å². The summed E-state index contributed by atoms with van der Waals surface area (Å²) in [6, 6.07) is 26.5. The highest BCUT2D eigenvalue weighted by Gasteiger charge is 2.55. The maximum atomic E-state index is 14.5. The molecular formula is C51H42O21. The Balaban J connectivity index is 1.55. The van der Waals surface area contributed by atoms with E-state index in [4.69, 9.17) is 52.1 Å². The number of para-hydroxylation sites is 5. The van der Waals surface area contributed by atoms with E-state index in [9.17, 15) is 47.9 Å². The smallest absolute Gasteiger partial charge is 0.344 e. The van der Waals surface area contributed by atoms with Crippen LogP contribution in [0.4, 0.5) is 0 Å². The second-order valence-corrected chi connectivity index (χ2v) is 15.1. The maximum Gasteiger partial charge on any atom is 0.344 e. The van der Waals surface area contributed by atoms with Gasteiger partial charge in [0.2, 0.25) is 12.4 Å². The number of benzene rings is 5. The molecule has 0 spiro atoms. The number of hydrogen-bond donors (Lipinski definition) is 0. The Hall–Kier alpha value is -9.24. The minimum Gasteiger partial charge on any atom is -0.459 e. The van der Waals surface area contributed by atoms with Crippen LogP contribution in [0.25, 0.3) is 0 Å². The van der Waals surface area contributed by atoms with Gasteiger partial charge in [0.25, 0.3) is 0 Å². The van der Waals surface area contributed by atoms with Gasteiger partial charge in [0.15, 0.2) is 12.2 Å². The fraction of sp³-hybridized carbons (Fsp3) is 0.216. The molecule has 5 aromatic rings. The molecule has 21 heteroatoms. The van der Waals surface area contributed by atoms with Crippen molar-refractivity contribution in [2.24, 2.45) is 0 Å². The van der Waals surface area contributed by atoms with Crippen molar-refractivity contribution in [1.29, 1.82) is 0 Å². The molecule has 0 radical (unpaired) electrons. The Morgan fingerprint density at radius 2 is 0.611 bits per heavy atom. The Kier molecular flexibility index (Phi) is 17.3. The first-order valence-electron chi connectivity index (χ1n) is 21.4. The van der Waals surface area contributed by atoms with Crippen LogP contribution in [0.15, 0.2) is 121 Å². The van der Waals surface area contributed by atoms with E-state index < -0.39 is 108 Å². The average molecular weight is 991 g/mol. The molecule has 0 aliphatic carbocycles. The van der Waals surface area contributed by atoms with Gasteiger partial charge in [-0.2, -0.15) is 0 Å². The van der Waals surface area contributed by atoms with Gasteiger partial charge >= 0.3 is 59.7 Å². The predicted molar refractivity (Wildman–Crippen MR) is 241 cm³/mol. The van der Waals surface area contributed by atoms with Crippen LogP contribution in [0.3, 0.4) is 0 Å². The molecule has 0 saturated carbocycles. The molecule has 0 amide bonds. The van der Waals surface area contributed by atoms with Crippen LogP contribution < -0.4 is 23.7 Å². The lowest BCUT2D eigenvalue weighted by Crippen LogP contribution is -2.63. The summed E-state index contributed by atoms with van der Waals surface area (Å²) in [6.45, 7) is 4.35. The molecule has 5 unspecified atom stereocenters. The summed E-state index contributed by atoms with van der Waals surface area (Å²) in [7, 11) is 0. The third-order valence-electron chi connectivity index (χ3n) is 9.73. The van der Waals surface area contributed by atoms with Crippen molar-refractivity contribution < 1.29 is 100 Å². The van der Waals surface area contributed by atoms with Gasteiger partial charge in [-0.25, -0.2) is 24.0 Å². The number of hydrogen-bond acceptors (Lipinski definition) is 21. The van der Waals surface area contributed by atoms with Crippen LogP contribution in [-0.4, -0.2) is 97.0 Å². The van der Waals surface area contributed by atoms with Gasteiger partial charge in [-0.15, -0.1) is 0 Å². The summed E-state index contributed by atoms with van der Waals surface area (Å²) in [5.41, 5.74) is -1.87. The van der Waals surface area contributed by atoms with Gasteiger partial charge in [-0.05, 0) is 60.7 Å². The lowest BCUT2D eigenvalue weighted by molar-refractivity contribution is -0.283. The number of esters is 10. The summed E-state index contributed by atoms with van der Waals surface area (Å²) < 4.78 is 62.0. The summed E-state index contributed by atoms with van der Waals surface area (Å²) in [5.74, 6) is -12.0. The number of carbonyl (C=O) groups excluding carboxylic acids is 10. The van der Waals surface area contributed by atoms with Crippen LogP contribution >= 0.6 is 0 Å². The third-order valence-corrected chi connectivity index (χ3v) is 9.73. The highest BCUT2D eigenvalue weighted by atomic mass is 16.7. The van der Waals surface area contributed by atoms with Crippen molar-refractivity contribution in [3.05, 3.63) is 149 Å². The highest BCUT2D eigenvalue weighted by Crippen LogP contribution is 2.35. The first-order chi connectivity index (χ1) is 34.4. The minimum atomic E-state index is -2.27. The Morgan fingerprint density at radius 1 is 0.347 bits per heavy atom. The third kappa shape index (κ3) is 13.5. The van der Waals surface area contributed by atoms with E-state index in [0.29, 0.717) is 0 Å². The Labute approximate surface area is 408 Å². The molecule has 5 aromatic carbocycles. The monoisotopic (exact) mass is 990 g/mol. The second-order valence-electron chi connectivity index (χ2n) is 15.1. The van der Waals surface area contributed by atoms with Gasteiger partial charge < -0.3 is 52.1 Å².